The lowest BCUT2D eigenvalue weighted by Crippen LogP contribution is -2.45. The van der Waals surface area contributed by atoms with E-state index in [4.69, 9.17) is 9.05 Å². The van der Waals surface area contributed by atoms with E-state index in [1.807, 2.05) is 27.2 Å². The first kappa shape index (κ1) is 67.4. The zero-order valence-electron chi connectivity index (χ0n) is 46.0. The van der Waals surface area contributed by atoms with Crippen molar-refractivity contribution in [3.63, 3.8) is 0 Å². The third-order valence-corrected chi connectivity index (χ3v) is 13.3. The van der Waals surface area contributed by atoms with Crippen molar-refractivity contribution >= 4 is 13.7 Å². The molecule has 0 aromatic rings. The predicted octanol–water partition coefficient (Wildman–Crippen LogP) is 17.4. The predicted molar refractivity (Wildman–Crippen MR) is 304 cm³/mol. The second kappa shape index (κ2) is 51.3. The first-order valence-electron chi connectivity index (χ1n) is 28.6. The summed E-state index contributed by atoms with van der Waals surface area (Å²) in [5.74, 6) is -0.213. The fourth-order valence-electron chi connectivity index (χ4n) is 7.83. The SMILES string of the molecule is CC/C=C\C/C=C\C/C=C\C/C=C\C/C=C\C/C=C\CCCCCCC(=O)NC(COP(=O)(O)OCC[N+](C)(C)C)C(O)/C=C/CC/C=C/CCCCCCCCCCCCCCCCCCCCC. The molecule has 0 aromatic carbocycles. The Morgan fingerprint density at radius 3 is 1.31 bits per heavy atom. The normalized spacial score (nSPS) is 14.7. The number of nitrogens with zero attached hydrogens (tertiary/aromatic N) is 1. The molecule has 0 bridgehead atoms. The summed E-state index contributed by atoms with van der Waals surface area (Å²) in [5.41, 5.74) is 0. The van der Waals surface area contributed by atoms with Crippen LogP contribution in [-0.2, 0) is 18.4 Å². The van der Waals surface area contributed by atoms with E-state index in [0.29, 0.717) is 17.4 Å². The van der Waals surface area contributed by atoms with Gasteiger partial charge in [-0.05, 0) is 83.5 Å². The molecule has 0 saturated carbocycles. The lowest BCUT2D eigenvalue weighted by atomic mass is 10.0. The van der Waals surface area contributed by atoms with Crippen LogP contribution >= 0.6 is 7.82 Å². The van der Waals surface area contributed by atoms with Gasteiger partial charge in [0, 0.05) is 6.42 Å². The highest BCUT2D eigenvalue weighted by Crippen LogP contribution is 2.43. The monoisotopic (exact) mass is 998 g/mol. The third kappa shape index (κ3) is 53.2. The molecule has 70 heavy (non-hydrogen) atoms. The first-order valence-corrected chi connectivity index (χ1v) is 30.1. The van der Waals surface area contributed by atoms with Crippen LogP contribution in [0.15, 0.2) is 97.2 Å². The van der Waals surface area contributed by atoms with Crippen molar-refractivity contribution in [2.75, 3.05) is 40.9 Å². The summed E-state index contributed by atoms with van der Waals surface area (Å²) in [4.78, 5) is 23.3. The van der Waals surface area contributed by atoms with Gasteiger partial charge in [-0.1, -0.05) is 239 Å². The number of quaternary nitrogens is 1. The summed E-state index contributed by atoms with van der Waals surface area (Å²) in [6, 6.07) is -0.885. The summed E-state index contributed by atoms with van der Waals surface area (Å²) < 4.78 is 23.7. The molecule has 404 valence electrons. The number of hydrogen-bond donors (Lipinski definition) is 3. The minimum Gasteiger partial charge on any atom is -0.387 e. The van der Waals surface area contributed by atoms with Gasteiger partial charge in [0.05, 0.1) is 39.9 Å². The van der Waals surface area contributed by atoms with Gasteiger partial charge in [-0.2, -0.15) is 0 Å². The lowest BCUT2D eigenvalue weighted by Gasteiger charge is -2.25. The zero-order chi connectivity index (χ0) is 51.3. The maximum absolute atomic E-state index is 13.0. The highest BCUT2D eigenvalue weighted by Gasteiger charge is 2.27. The fraction of sp³-hybridized carbons (Fsp3) is 0.721. The number of carbonyl (C=O) groups excluding carboxylic acids is 1. The van der Waals surface area contributed by atoms with E-state index in [2.05, 4.69) is 104 Å². The Hall–Kier alpha value is -2.58. The summed E-state index contributed by atoms with van der Waals surface area (Å²) in [6.45, 7) is 4.66. The lowest BCUT2D eigenvalue weighted by molar-refractivity contribution is -0.870. The second-order valence-corrected chi connectivity index (χ2v) is 21.7. The van der Waals surface area contributed by atoms with Crippen LogP contribution in [0.3, 0.4) is 0 Å². The largest absolute Gasteiger partial charge is 0.472 e. The Labute approximate surface area is 432 Å². The number of likely N-dealkylation sites (N-methyl/N-ethyl adjacent to an activating group) is 1. The van der Waals surface area contributed by atoms with Gasteiger partial charge in [-0.3, -0.25) is 13.8 Å². The molecule has 0 rings (SSSR count). The molecule has 3 N–H and O–H groups in total. The topological polar surface area (TPSA) is 105 Å². The first-order chi connectivity index (χ1) is 34.0. The van der Waals surface area contributed by atoms with Crippen LogP contribution in [0.4, 0.5) is 0 Å². The third-order valence-electron chi connectivity index (χ3n) is 12.3. The molecular formula is C61H110N2O6P+. The zero-order valence-corrected chi connectivity index (χ0v) is 46.9. The quantitative estimate of drug-likeness (QED) is 0.0243. The summed E-state index contributed by atoms with van der Waals surface area (Å²) >= 11 is 0. The van der Waals surface area contributed by atoms with Crippen LogP contribution in [0.1, 0.15) is 232 Å². The van der Waals surface area contributed by atoms with Crippen LogP contribution < -0.4 is 5.32 Å². The number of amides is 1. The van der Waals surface area contributed by atoms with Crippen molar-refractivity contribution in [1.29, 1.82) is 0 Å². The Balaban J connectivity index is 4.35. The molecule has 9 heteroatoms. The summed E-state index contributed by atoms with van der Waals surface area (Å²) in [6.07, 6.45) is 73.7. The van der Waals surface area contributed by atoms with Gasteiger partial charge >= 0.3 is 7.82 Å². The molecule has 0 radical (unpaired) electrons. The van der Waals surface area contributed by atoms with Gasteiger partial charge < -0.3 is 19.8 Å². The van der Waals surface area contributed by atoms with E-state index in [1.54, 1.807) is 6.08 Å². The van der Waals surface area contributed by atoms with Crippen molar-refractivity contribution in [3.8, 4) is 0 Å². The highest BCUT2D eigenvalue weighted by atomic mass is 31.2. The van der Waals surface area contributed by atoms with Crippen LogP contribution in [0.25, 0.3) is 0 Å². The van der Waals surface area contributed by atoms with Crippen molar-refractivity contribution in [2.24, 2.45) is 0 Å². The Morgan fingerprint density at radius 1 is 0.500 bits per heavy atom. The molecule has 3 atom stereocenters. The summed E-state index contributed by atoms with van der Waals surface area (Å²) in [7, 11) is 1.52. The molecule has 0 aliphatic carbocycles. The minimum absolute atomic E-state index is 0.0456. The smallest absolute Gasteiger partial charge is 0.387 e. The van der Waals surface area contributed by atoms with E-state index in [1.165, 1.54) is 122 Å². The van der Waals surface area contributed by atoms with E-state index < -0.39 is 20.0 Å². The number of unbranched alkanes of at least 4 members (excludes halogenated alkanes) is 24. The van der Waals surface area contributed by atoms with Crippen LogP contribution in [0.5, 0.6) is 0 Å². The van der Waals surface area contributed by atoms with Gasteiger partial charge in [0.2, 0.25) is 5.91 Å². The second-order valence-electron chi connectivity index (χ2n) is 20.3. The van der Waals surface area contributed by atoms with Gasteiger partial charge in [0.1, 0.15) is 13.2 Å². The van der Waals surface area contributed by atoms with Crippen LogP contribution in [0, 0.1) is 0 Å². The number of nitrogens with one attached hydrogen (secondary N) is 1. The van der Waals surface area contributed by atoms with Crippen molar-refractivity contribution < 1.29 is 32.9 Å². The molecule has 8 nitrogen and oxygen atoms in total. The minimum atomic E-state index is -4.37. The fourth-order valence-corrected chi connectivity index (χ4v) is 8.56. The molecule has 0 aliphatic heterocycles. The molecule has 0 heterocycles. The average molecular weight is 999 g/mol. The van der Waals surface area contributed by atoms with E-state index in [0.717, 1.165) is 89.9 Å². The maximum atomic E-state index is 13.0. The molecule has 0 spiro atoms. The Kier molecular flexibility index (Phi) is 49.4. The van der Waals surface area contributed by atoms with Gasteiger partial charge in [0.25, 0.3) is 0 Å². The maximum Gasteiger partial charge on any atom is 0.472 e. The number of carbonyl (C=O) groups is 1. The number of rotatable bonds is 51. The number of allylic oxidation sites excluding steroid dienone is 15. The van der Waals surface area contributed by atoms with Gasteiger partial charge in [0.15, 0.2) is 0 Å². The average Bonchev–Trinajstić information content (AvgIpc) is 3.32. The molecule has 0 fully saturated rings. The molecule has 0 aliphatic rings. The van der Waals surface area contributed by atoms with Crippen molar-refractivity contribution in [2.45, 2.75) is 244 Å². The molecular weight excluding hydrogens is 888 g/mol. The van der Waals surface area contributed by atoms with Gasteiger partial charge in [-0.25, -0.2) is 4.57 Å². The molecule has 0 aromatic heterocycles. The van der Waals surface area contributed by atoms with Crippen LogP contribution in [-0.4, -0.2) is 73.4 Å². The molecule has 1 amide bonds. The van der Waals surface area contributed by atoms with Gasteiger partial charge in [-0.15, -0.1) is 0 Å². The number of aliphatic hydroxyl groups excluding tert-OH is 1. The Bertz CT molecular complexity index is 1460. The number of phosphoric acid groups is 1. The number of aliphatic hydroxyl groups is 1. The number of hydrogen-bond acceptors (Lipinski definition) is 5. The standard InChI is InChI=1S/C61H109N2O6P/c1-6-8-10-12-14-16-18-20-22-24-26-28-30-31-33-34-36-38-40-42-44-46-48-50-52-54-60(64)59(58-69-70(66,67)68-57-56-63(3,4)5)62-61(65)55-53-51-49-47-45-43-41-39-37-35-32-29-27-25-23-21-19-17-15-13-11-9-7-2/h9,11,15,17,21,23,27,29,35,37,41,43-44,46,52,54,59-60,64H,6-8,10,12-14,16,18-20,22,24-26,28,30-34,36,38-40,42,45,47-51,53,55-58H2,1-5H3,(H-,62,65,66,67)/p+1/b11-9-,17-15-,23-21-,29-27-,37-35-,43-41-,46-44+,54-52+. The van der Waals surface area contributed by atoms with Crippen molar-refractivity contribution in [1.82, 2.24) is 5.32 Å². The summed E-state index contributed by atoms with van der Waals surface area (Å²) in [5, 5.41) is 13.9. The Morgan fingerprint density at radius 2 is 0.871 bits per heavy atom. The van der Waals surface area contributed by atoms with E-state index >= 15 is 0 Å². The molecule has 3 unspecified atom stereocenters. The van der Waals surface area contributed by atoms with E-state index in [9.17, 15) is 19.4 Å². The van der Waals surface area contributed by atoms with E-state index in [-0.39, 0.29) is 19.1 Å². The number of phosphoric ester groups is 1. The molecule has 0 saturated heterocycles. The van der Waals surface area contributed by atoms with Crippen LogP contribution in [0.2, 0.25) is 0 Å². The van der Waals surface area contributed by atoms with Crippen molar-refractivity contribution in [3.05, 3.63) is 97.2 Å². The highest BCUT2D eigenvalue weighted by molar-refractivity contribution is 7.47.